The van der Waals surface area contributed by atoms with Crippen molar-refractivity contribution in [3.05, 3.63) is 33.8 Å². The third-order valence-electron chi connectivity index (χ3n) is 2.52. The fourth-order valence-corrected chi connectivity index (χ4v) is 2.09. The topological polar surface area (TPSA) is 67.4 Å². The second-order valence-corrected chi connectivity index (χ2v) is 6.53. The third-order valence-corrected chi connectivity index (χ3v) is 3.11. The molecular weight excluding hydrogens is 327 g/mol. The van der Waals surface area contributed by atoms with Crippen LogP contribution in [0.2, 0.25) is 10.0 Å². The second kappa shape index (κ2) is 8.25. The summed E-state index contributed by atoms with van der Waals surface area (Å²) in [4.78, 5) is 23.0. The number of amides is 2. The fourth-order valence-electron chi connectivity index (χ4n) is 1.59. The van der Waals surface area contributed by atoms with Crippen LogP contribution < -0.4 is 10.6 Å². The molecule has 0 fully saturated rings. The summed E-state index contributed by atoms with van der Waals surface area (Å²) in [7, 11) is 0. The zero-order valence-corrected chi connectivity index (χ0v) is 14.3. The minimum Gasteiger partial charge on any atom is -0.444 e. The van der Waals surface area contributed by atoms with Crippen LogP contribution in [-0.2, 0) is 16.0 Å². The fraction of sp³-hybridized carbons (Fsp3) is 0.467. The maximum atomic E-state index is 11.6. The number of hydrogen-bond acceptors (Lipinski definition) is 3. The number of carbonyl (C=O) groups is 2. The van der Waals surface area contributed by atoms with Gasteiger partial charge >= 0.3 is 6.09 Å². The van der Waals surface area contributed by atoms with E-state index in [-0.39, 0.29) is 12.5 Å². The van der Waals surface area contributed by atoms with Crippen molar-refractivity contribution in [2.24, 2.45) is 0 Å². The van der Waals surface area contributed by atoms with E-state index < -0.39 is 11.7 Å². The average Bonchev–Trinajstić information content (AvgIpc) is 2.37. The summed E-state index contributed by atoms with van der Waals surface area (Å²) in [5, 5.41) is 6.21. The molecule has 5 nitrogen and oxygen atoms in total. The lowest BCUT2D eigenvalue weighted by Gasteiger charge is -2.19. The van der Waals surface area contributed by atoms with Gasteiger partial charge in [-0.15, -0.1) is 0 Å². The molecule has 0 saturated heterocycles. The first kappa shape index (κ1) is 18.6. The van der Waals surface area contributed by atoms with Crippen molar-refractivity contribution in [1.29, 1.82) is 0 Å². The Morgan fingerprint density at radius 3 is 2.45 bits per heavy atom. The van der Waals surface area contributed by atoms with Gasteiger partial charge in [0.15, 0.2) is 0 Å². The van der Waals surface area contributed by atoms with E-state index in [1.54, 1.807) is 32.9 Å². The number of hydrogen-bond donors (Lipinski definition) is 2. The Balaban J connectivity index is 2.27. The molecule has 22 heavy (non-hydrogen) atoms. The summed E-state index contributed by atoms with van der Waals surface area (Å²) in [6.07, 6.45) is -0.0443. The maximum absolute atomic E-state index is 11.6. The van der Waals surface area contributed by atoms with Gasteiger partial charge in [0.25, 0.3) is 0 Å². The van der Waals surface area contributed by atoms with Gasteiger partial charge in [-0.05, 0) is 44.9 Å². The van der Waals surface area contributed by atoms with E-state index in [1.807, 2.05) is 6.07 Å². The summed E-state index contributed by atoms with van der Waals surface area (Å²) in [5.74, 6) is -0.295. The number of nitrogens with one attached hydrogen (secondary N) is 2. The highest BCUT2D eigenvalue weighted by molar-refractivity contribution is 6.35. The second-order valence-electron chi connectivity index (χ2n) is 5.69. The summed E-state index contributed by atoms with van der Waals surface area (Å²) in [5.41, 5.74) is 0.304. The Morgan fingerprint density at radius 1 is 1.18 bits per heavy atom. The van der Waals surface area contributed by atoms with Crippen molar-refractivity contribution in [3.8, 4) is 0 Å². The molecule has 0 radical (unpaired) electrons. The number of alkyl carbamates (subject to hydrolysis) is 1. The molecule has 0 aliphatic rings. The lowest BCUT2D eigenvalue weighted by molar-refractivity contribution is -0.120. The molecule has 2 amide bonds. The van der Waals surface area contributed by atoms with Crippen molar-refractivity contribution in [2.75, 3.05) is 13.1 Å². The molecule has 1 aromatic rings. The van der Waals surface area contributed by atoms with Crippen LogP contribution in [-0.4, -0.2) is 30.7 Å². The highest BCUT2D eigenvalue weighted by atomic mass is 35.5. The first-order valence-electron chi connectivity index (χ1n) is 6.85. The molecule has 0 aliphatic carbocycles. The van der Waals surface area contributed by atoms with Gasteiger partial charge in [-0.25, -0.2) is 4.79 Å². The Labute approximate surface area is 140 Å². The van der Waals surface area contributed by atoms with Gasteiger partial charge in [0.1, 0.15) is 5.60 Å². The minimum atomic E-state index is -0.622. The van der Waals surface area contributed by atoms with E-state index in [4.69, 9.17) is 27.9 Å². The summed E-state index contributed by atoms with van der Waals surface area (Å²) >= 11 is 11.9. The van der Waals surface area contributed by atoms with Crippen LogP contribution in [0.1, 0.15) is 26.3 Å². The van der Waals surface area contributed by atoms with Crippen molar-refractivity contribution >= 4 is 35.2 Å². The van der Waals surface area contributed by atoms with Crippen molar-refractivity contribution in [2.45, 2.75) is 32.8 Å². The van der Waals surface area contributed by atoms with E-state index in [9.17, 15) is 9.59 Å². The predicted molar refractivity (Wildman–Crippen MR) is 87.4 cm³/mol. The van der Waals surface area contributed by atoms with E-state index in [2.05, 4.69) is 10.6 Å². The van der Waals surface area contributed by atoms with Crippen molar-refractivity contribution in [3.63, 3.8) is 0 Å². The molecule has 0 aliphatic heterocycles. The molecule has 7 heteroatoms. The molecule has 0 saturated carbocycles. The van der Waals surface area contributed by atoms with Crippen LogP contribution >= 0.6 is 23.2 Å². The van der Waals surface area contributed by atoms with E-state index in [0.29, 0.717) is 23.0 Å². The number of halogens is 2. The molecule has 1 rings (SSSR count). The zero-order valence-electron chi connectivity index (χ0n) is 12.8. The average molecular weight is 347 g/mol. The van der Waals surface area contributed by atoms with Gasteiger partial charge in [-0.2, -0.15) is 0 Å². The monoisotopic (exact) mass is 346 g/mol. The van der Waals surface area contributed by atoms with Crippen molar-refractivity contribution in [1.82, 2.24) is 10.6 Å². The van der Waals surface area contributed by atoms with Gasteiger partial charge < -0.3 is 15.4 Å². The number of carbonyl (C=O) groups excluding carboxylic acids is 2. The van der Waals surface area contributed by atoms with Gasteiger partial charge in [-0.1, -0.05) is 29.3 Å². The van der Waals surface area contributed by atoms with Gasteiger partial charge in [0.05, 0.1) is 6.54 Å². The molecule has 0 aromatic heterocycles. The molecule has 0 heterocycles. The van der Waals surface area contributed by atoms with Crippen LogP contribution in [0.15, 0.2) is 18.2 Å². The molecule has 0 atom stereocenters. The number of ether oxygens (including phenoxy) is 1. The largest absolute Gasteiger partial charge is 0.444 e. The Bertz CT molecular complexity index is 542. The minimum absolute atomic E-state index is 0.136. The SMILES string of the molecule is CC(C)(C)OC(=O)NCC(=O)NCCc1ccc(Cl)cc1Cl. The first-order chi connectivity index (χ1) is 10.2. The predicted octanol–water partition coefficient (Wildman–Crippen LogP) is 3.18. The maximum Gasteiger partial charge on any atom is 0.408 e. The Hall–Kier alpha value is -1.46. The normalized spacial score (nSPS) is 11.0. The highest BCUT2D eigenvalue weighted by Gasteiger charge is 2.16. The lowest BCUT2D eigenvalue weighted by Crippen LogP contribution is -2.40. The van der Waals surface area contributed by atoms with Crippen LogP contribution in [0, 0.1) is 0 Å². The van der Waals surface area contributed by atoms with Gasteiger partial charge in [0.2, 0.25) is 5.91 Å². The van der Waals surface area contributed by atoms with Crippen molar-refractivity contribution < 1.29 is 14.3 Å². The Kier molecular flexibility index (Phi) is 6.97. The molecule has 0 bridgehead atoms. The van der Waals surface area contributed by atoms with Crippen LogP contribution in [0.5, 0.6) is 0 Å². The van der Waals surface area contributed by atoms with E-state index in [0.717, 1.165) is 5.56 Å². The Morgan fingerprint density at radius 2 is 1.86 bits per heavy atom. The summed E-state index contributed by atoms with van der Waals surface area (Å²) in [6.45, 7) is 5.53. The number of rotatable bonds is 5. The van der Waals surface area contributed by atoms with Crippen LogP contribution in [0.4, 0.5) is 4.79 Å². The van der Waals surface area contributed by atoms with Crippen LogP contribution in [0.3, 0.4) is 0 Å². The van der Waals surface area contributed by atoms with Gasteiger partial charge in [0, 0.05) is 16.6 Å². The molecule has 122 valence electrons. The van der Waals surface area contributed by atoms with E-state index >= 15 is 0 Å². The highest BCUT2D eigenvalue weighted by Crippen LogP contribution is 2.20. The zero-order chi connectivity index (χ0) is 16.8. The molecular formula is C15H20Cl2N2O3. The molecule has 0 unspecified atom stereocenters. The third kappa shape index (κ3) is 7.52. The molecule has 0 spiro atoms. The smallest absolute Gasteiger partial charge is 0.408 e. The lowest BCUT2D eigenvalue weighted by atomic mass is 10.1. The van der Waals surface area contributed by atoms with E-state index in [1.165, 1.54) is 0 Å². The first-order valence-corrected chi connectivity index (χ1v) is 7.60. The summed E-state index contributed by atoms with van der Waals surface area (Å²) < 4.78 is 5.03. The standard InChI is InChI=1S/C15H20Cl2N2O3/c1-15(2,3)22-14(21)19-9-13(20)18-7-6-10-4-5-11(16)8-12(10)17/h4-5,8H,6-7,9H2,1-3H3,(H,18,20)(H,19,21). The summed E-state index contributed by atoms with van der Waals surface area (Å²) in [6, 6.07) is 5.22. The molecule has 1 aromatic carbocycles. The molecule has 2 N–H and O–H groups in total. The number of benzene rings is 1. The van der Waals surface area contributed by atoms with Crippen LogP contribution in [0.25, 0.3) is 0 Å². The quantitative estimate of drug-likeness (QED) is 0.860. The van der Waals surface area contributed by atoms with Gasteiger partial charge in [-0.3, -0.25) is 4.79 Å².